The Kier molecular flexibility index (Phi) is 6.49. The summed E-state index contributed by atoms with van der Waals surface area (Å²) < 4.78 is 29.2. The van der Waals surface area contributed by atoms with Gasteiger partial charge in [-0.2, -0.15) is 0 Å². The van der Waals surface area contributed by atoms with Gasteiger partial charge in [0.1, 0.15) is 17.8 Å². The monoisotopic (exact) mass is 554 g/mol. The molecule has 5 rings (SSSR count). The van der Waals surface area contributed by atoms with E-state index in [1.165, 1.54) is 27.0 Å². The highest BCUT2D eigenvalue weighted by Crippen LogP contribution is 2.76. The van der Waals surface area contributed by atoms with Crippen molar-refractivity contribution >= 4 is 23.7 Å². The molecule has 216 valence electrons. The Hall–Kier alpha value is -3.20. The molecule has 1 aromatic rings. The van der Waals surface area contributed by atoms with Crippen molar-refractivity contribution < 1.29 is 42.5 Å². The van der Waals surface area contributed by atoms with Crippen LogP contribution in [0.1, 0.15) is 65.9 Å². The van der Waals surface area contributed by atoms with Crippen molar-refractivity contribution in [3.63, 3.8) is 0 Å². The number of hydrogen-bond acceptors (Lipinski definition) is 9. The fourth-order valence-corrected chi connectivity index (χ4v) is 8.53. The quantitative estimate of drug-likeness (QED) is 0.219. The molecular formula is C31H38O9. The predicted octanol–water partition coefficient (Wildman–Crippen LogP) is 4.31. The third kappa shape index (κ3) is 3.69. The predicted molar refractivity (Wildman–Crippen MR) is 142 cm³/mol. The first kappa shape index (κ1) is 28.3. The minimum atomic E-state index is -0.972. The van der Waals surface area contributed by atoms with Crippen LogP contribution < -0.4 is 0 Å². The van der Waals surface area contributed by atoms with Gasteiger partial charge in [-0.3, -0.25) is 19.2 Å². The van der Waals surface area contributed by atoms with Crippen LogP contribution in [-0.4, -0.2) is 54.7 Å². The highest BCUT2D eigenvalue weighted by Gasteiger charge is 2.84. The van der Waals surface area contributed by atoms with Crippen LogP contribution in [-0.2, 0) is 38.1 Å². The molecule has 4 aliphatic rings. The highest BCUT2D eigenvalue weighted by atomic mass is 16.6. The van der Waals surface area contributed by atoms with Crippen LogP contribution in [0.5, 0.6) is 0 Å². The number of rotatable bonds is 6. The van der Waals surface area contributed by atoms with E-state index in [1.807, 2.05) is 33.8 Å². The number of allylic oxidation sites excluding steroid dienone is 2. The molecule has 0 radical (unpaired) electrons. The zero-order chi connectivity index (χ0) is 29.4. The lowest BCUT2D eigenvalue weighted by Gasteiger charge is -2.59. The number of methoxy groups -OCH3 is 1. The van der Waals surface area contributed by atoms with Crippen molar-refractivity contribution in [3.05, 3.63) is 48.5 Å². The van der Waals surface area contributed by atoms with E-state index < -0.39 is 63.8 Å². The van der Waals surface area contributed by atoms with Crippen LogP contribution in [0.25, 0.3) is 0 Å². The number of furan rings is 1. The summed E-state index contributed by atoms with van der Waals surface area (Å²) in [6.07, 6.45) is 5.12. The fraction of sp³-hybridized carbons (Fsp3) is 0.613. The molecule has 3 aliphatic carbocycles. The van der Waals surface area contributed by atoms with E-state index in [1.54, 1.807) is 18.6 Å². The summed E-state index contributed by atoms with van der Waals surface area (Å²) in [7, 11) is 1.31. The van der Waals surface area contributed by atoms with Gasteiger partial charge in [-0.15, -0.1) is 0 Å². The molecule has 2 saturated carbocycles. The first-order chi connectivity index (χ1) is 18.7. The van der Waals surface area contributed by atoms with Gasteiger partial charge in [-0.25, -0.2) is 0 Å². The van der Waals surface area contributed by atoms with Gasteiger partial charge in [0.2, 0.25) is 0 Å². The van der Waals surface area contributed by atoms with E-state index >= 15 is 0 Å². The third-order valence-corrected chi connectivity index (χ3v) is 10.4. The van der Waals surface area contributed by atoms with Crippen molar-refractivity contribution in [1.29, 1.82) is 0 Å². The molecule has 1 aliphatic heterocycles. The topological polar surface area (TPSA) is 122 Å². The van der Waals surface area contributed by atoms with Crippen LogP contribution >= 0.6 is 0 Å². The lowest BCUT2D eigenvalue weighted by Crippen LogP contribution is -2.66. The van der Waals surface area contributed by atoms with E-state index in [0.717, 1.165) is 5.56 Å². The lowest BCUT2D eigenvalue weighted by atomic mass is 9.46. The molecule has 0 unspecified atom stereocenters. The van der Waals surface area contributed by atoms with E-state index in [0.29, 0.717) is 12.0 Å². The van der Waals surface area contributed by atoms with Gasteiger partial charge in [0, 0.05) is 36.5 Å². The summed E-state index contributed by atoms with van der Waals surface area (Å²) in [4.78, 5) is 51.2. The number of esters is 3. The minimum Gasteiger partial charge on any atom is -0.472 e. The van der Waals surface area contributed by atoms with Crippen LogP contribution in [0.2, 0.25) is 0 Å². The van der Waals surface area contributed by atoms with Gasteiger partial charge in [0.15, 0.2) is 5.78 Å². The fourth-order valence-electron chi connectivity index (χ4n) is 8.53. The minimum absolute atomic E-state index is 0.0446. The van der Waals surface area contributed by atoms with E-state index in [2.05, 4.69) is 6.58 Å². The van der Waals surface area contributed by atoms with Gasteiger partial charge in [-0.1, -0.05) is 40.3 Å². The maximum absolute atomic E-state index is 13.1. The molecule has 40 heavy (non-hydrogen) atoms. The molecule has 9 nitrogen and oxygen atoms in total. The Labute approximate surface area is 234 Å². The Morgan fingerprint density at radius 2 is 1.77 bits per heavy atom. The largest absolute Gasteiger partial charge is 0.472 e. The highest BCUT2D eigenvalue weighted by molar-refractivity contribution is 5.96. The lowest BCUT2D eigenvalue weighted by molar-refractivity contribution is -0.206. The molecule has 2 heterocycles. The first-order valence-electron chi connectivity index (χ1n) is 13.7. The van der Waals surface area contributed by atoms with Gasteiger partial charge in [-0.05, 0) is 35.6 Å². The molecule has 9 heteroatoms. The number of ketones is 1. The van der Waals surface area contributed by atoms with Gasteiger partial charge < -0.3 is 23.4 Å². The maximum Gasteiger partial charge on any atom is 0.305 e. The van der Waals surface area contributed by atoms with Crippen molar-refractivity contribution in [3.8, 4) is 0 Å². The second-order valence-corrected chi connectivity index (χ2v) is 12.7. The molecule has 0 aromatic carbocycles. The Morgan fingerprint density at radius 1 is 1.10 bits per heavy atom. The molecule has 0 N–H and O–H groups in total. The van der Waals surface area contributed by atoms with Gasteiger partial charge in [0.05, 0.1) is 37.6 Å². The summed E-state index contributed by atoms with van der Waals surface area (Å²) in [5.74, 6) is -2.99. The normalized spacial score (nSPS) is 41.1. The number of carbonyl (C=O) groups excluding carboxylic acids is 4. The zero-order valence-corrected chi connectivity index (χ0v) is 24.1. The average molecular weight is 555 g/mol. The summed E-state index contributed by atoms with van der Waals surface area (Å²) in [5.41, 5.74) is -1.98. The van der Waals surface area contributed by atoms with E-state index in [4.69, 9.17) is 23.4 Å². The molecule has 0 amide bonds. The molecule has 9 atom stereocenters. The van der Waals surface area contributed by atoms with Crippen molar-refractivity contribution in [2.75, 3.05) is 7.11 Å². The molecular weight excluding hydrogens is 516 g/mol. The molecule has 3 fully saturated rings. The zero-order valence-electron chi connectivity index (χ0n) is 24.1. The van der Waals surface area contributed by atoms with Crippen LogP contribution in [0, 0.1) is 28.1 Å². The Balaban J connectivity index is 1.73. The van der Waals surface area contributed by atoms with Gasteiger partial charge >= 0.3 is 17.9 Å². The third-order valence-electron chi connectivity index (χ3n) is 10.4. The van der Waals surface area contributed by atoms with Crippen LogP contribution in [0.3, 0.4) is 0 Å². The number of carbonyl (C=O) groups is 4. The molecule has 1 aromatic heterocycles. The first-order valence-corrected chi connectivity index (χ1v) is 13.7. The molecule has 1 spiro atoms. The summed E-state index contributed by atoms with van der Waals surface area (Å²) >= 11 is 0. The smallest absolute Gasteiger partial charge is 0.305 e. The van der Waals surface area contributed by atoms with Crippen molar-refractivity contribution in [2.24, 2.45) is 28.1 Å². The van der Waals surface area contributed by atoms with Gasteiger partial charge in [0.25, 0.3) is 0 Å². The summed E-state index contributed by atoms with van der Waals surface area (Å²) in [6, 6.07) is 1.89. The van der Waals surface area contributed by atoms with Crippen molar-refractivity contribution in [1.82, 2.24) is 0 Å². The number of ether oxygens (including phenoxy) is 4. The van der Waals surface area contributed by atoms with E-state index in [9.17, 15) is 19.2 Å². The standard InChI is InChI=1S/C31H38O9/c1-16-25(29(6)11-9-22(34)28(4,5)21(29)14-24(35)36-8)26(38-17(2)32)27(39-18(3)33)30(7)20(19-10-12-37-15-19)13-23-31(16,30)40-23/h9-12,15,20-21,23,25-27H,1,13-14H2,2-8H3/t20-,21-,23+,25+,26+,27-,29-,30+,31+/m0/s1. The number of epoxide rings is 1. The second-order valence-electron chi connectivity index (χ2n) is 12.7. The Morgan fingerprint density at radius 3 is 2.35 bits per heavy atom. The molecule has 0 bridgehead atoms. The second kappa shape index (κ2) is 9.16. The van der Waals surface area contributed by atoms with Crippen LogP contribution in [0.4, 0.5) is 0 Å². The van der Waals surface area contributed by atoms with Crippen molar-refractivity contribution in [2.45, 2.75) is 84.2 Å². The van der Waals surface area contributed by atoms with E-state index in [-0.39, 0.29) is 24.2 Å². The molecule has 1 saturated heterocycles. The summed E-state index contributed by atoms with van der Waals surface area (Å²) in [6.45, 7) is 14.8. The Bertz CT molecular complexity index is 1290. The average Bonchev–Trinajstić information content (AvgIpc) is 3.22. The summed E-state index contributed by atoms with van der Waals surface area (Å²) in [5, 5.41) is 0. The SMILES string of the molecule is C=C1[C@@H]([C@@]2(C)C=CC(=O)C(C)(C)[C@@H]2CC(=O)OC)[C@@H](OC(C)=O)[C@H](OC(C)=O)[C@@]2(C)[C@H](c3ccoc3)C[C@H]3O[C@]132. The number of hydrogen-bond donors (Lipinski definition) is 0. The maximum atomic E-state index is 13.1. The van der Waals surface area contributed by atoms with Crippen LogP contribution in [0.15, 0.2) is 47.3 Å².